The van der Waals surface area contributed by atoms with Crippen molar-refractivity contribution in [2.24, 2.45) is 40.4 Å². The maximum absolute atomic E-state index is 13.8. The van der Waals surface area contributed by atoms with Gasteiger partial charge in [0.15, 0.2) is 0 Å². The minimum Gasteiger partial charge on any atom is -0.497 e. The summed E-state index contributed by atoms with van der Waals surface area (Å²) in [6.45, 7) is 0. The fourth-order valence-corrected chi connectivity index (χ4v) is 10.6. The maximum atomic E-state index is 13.8. The van der Waals surface area contributed by atoms with Crippen LogP contribution in [0.25, 0.3) is 0 Å². The Labute approximate surface area is 202 Å². The van der Waals surface area contributed by atoms with Crippen molar-refractivity contribution in [3.05, 3.63) is 29.8 Å². The van der Waals surface area contributed by atoms with Crippen LogP contribution in [-0.4, -0.2) is 18.9 Å². The molecule has 8 bridgehead atoms. The van der Waals surface area contributed by atoms with Crippen molar-refractivity contribution in [1.29, 1.82) is 0 Å². The lowest BCUT2D eigenvalue weighted by Crippen LogP contribution is -2.62. The van der Waals surface area contributed by atoms with Crippen LogP contribution in [0.1, 0.15) is 82.6 Å². The minimum absolute atomic E-state index is 0.0672. The van der Waals surface area contributed by atoms with Crippen LogP contribution in [0.4, 0.5) is 0 Å². The van der Waals surface area contributed by atoms with Gasteiger partial charge in [-0.15, -0.1) is 0 Å². The molecule has 0 aromatic heterocycles. The first-order valence-corrected chi connectivity index (χ1v) is 13.6. The molecule has 2 N–H and O–H groups in total. The van der Waals surface area contributed by atoms with E-state index >= 15 is 0 Å². The van der Waals surface area contributed by atoms with E-state index in [0.29, 0.717) is 11.8 Å². The van der Waals surface area contributed by atoms with E-state index in [-0.39, 0.29) is 28.1 Å². The molecule has 9 rings (SSSR count). The van der Waals surface area contributed by atoms with Crippen LogP contribution < -0.4 is 15.6 Å². The molecule has 1 aromatic carbocycles. The molecule has 5 nitrogen and oxygen atoms in total. The van der Waals surface area contributed by atoms with Gasteiger partial charge in [0.1, 0.15) is 5.75 Å². The monoisotopic (exact) mass is 462 g/mol. The summed E-state index contributed by atoms with van der Waals surface area (Å²) in [6, 6.07) is 8.55. The molecular formula is C29H38N2O3. The van der Waals surface area contributed by atoms with Crippen molar-refractivity contribution in [3.8, 4) is 5.75 Å². The maximum Gasteiger partial charge on any atom is 0.244 e. The third kappa shape index (κ3) is 3.10. The zero-order valence-corrected chi connectivity index (χ0v) is 20.4. The number of benzene rings is 1. The van der Waals surface area contributed by atoms with E-state index in [1.54, 1.807) is 7.11 Å². The molecule has 8 fully saturated rings. The van der Waals surface area contributed by atoms with E-state index in [9.17, 15) is 9.59 Å². The van der Waals surface area contributed by atoms with Crippen molar-refractivity contribution >= 4 is 11.8 Å². The van der Waals surface area contributed by atoms with Crippen molar-refractivity contribution in [2.45, 2.75) is 82.5 Å². The summed E-state index contributed by atoms with van der Waals surface area (Å²) in [4.78, 5) is 27.2. The van der Waals surface area contributed by atoms with Gasteiger partial charge in [0.2, 0.25) is 11.8 Å². The number of hydrazine groups is 1. The molecule has 2 atom stereocenters. The number of hydrogen-bond acceptors (Lipinski definition) is 3. The Hall–Kier alpha value is -2.04. The molecule has 8 saturated carbocycles. The highest BCUT2D eigenvalue weighted by Crippen LogP contribution is 2.66. The van der Waals surface area contributed by atoms with Crippen LogP contribution in [0.3, 0.4) is 0 Å². The van der Waals surface area contributed by atoms with E-state index in [1.165, 1.54) is 44.1 Å². The molecule has 8 aliphatic carbocycles. The van der Waals surface area contributed by atoms with Gasteiger partial charge in [0.05, 0.1) is 17.9 Å². The second kappa shape index (κ2) is 7.24. The minimum atomic E-state index is -0.348. The molecule has 34 heavy (non-hydrogen) atoms. The topological polar surface area (TPSA) is 67.4 Å². The molecule has 0 saturated heterocycles. The third-order valence-electron chi connectivity index (χ3n) is 11.1. The van der Waals surface area contributed by atoms with Gasteiger partial charge in [-0.25, -0.2) is 0 Å². The average Bonchev–Trinajstić information content (AvgIpc) is 2.80. The molecule has 2 unspecified atom stereocenters. The zero-order valence-electron chi connectivity index (χ0n) is 20.4. The standard InChI is InChI=1S/C29H38N2O3/c1-34-24-4-2-23(3-5-24)28-13-21-9-22(14-28)16-29(15-21,17-28)26(33)31-30-25(32)27-10-18-6-19(11-27)8-20(7-18)12-27/h2-5,18-22H,6-17H2,1H3,(H,30,32)(H,31,33). The first kappa shape index (κ1) is 21.3. The summed E-state index contributed by atoms with van der Waals surface area (Å²) in [5.74, 6) is 4.42. The van der Waals surface area contributed by atoms with E-state index < -0.39 is 0 Å². The summed E-state index contributed by atoms with van der Waals surface area (Å²) < 4.78 is 5.38. The molecule has 0 spiro atoms. The summed E-state index contributed by atoms with van der Waals surface area (Å²) in [5.41, 5.74) is 6.83. The lowest BCUT2D eigenvalue weighted by Gasteiger charge is -2.61. The largest absolute Gasteiger partial charge is 0.497 e. The van der Waals surface area contributed by atoms with E-state index in [4.69, 9.17) is 4.74 Å². The first-order chi connectivity index (χ1) is 16.4. The third-order valence-corrected chi connectivity index (χ3v) is 11.1. The Kier molecular flexibility index (Phi) is 4.53. The first-order valence-electron chi connectivity index (χ1n) is 13.6. The van der Waals surface area contributed by atoms with Gasteiger partial charge in [0.25, 0.3) is 0 Å². The van der Waals surface area contributed by atoms with Crippen molar-refractivity contribution < 1.29 is 14.3 Å². The Bertz CT molecular complexity index is 965. The normalized spacial score (nSPS) is 45.3. The van der Waals surface area contributed by atoms with Gasteiger partial charge in [-0.2, -0.15) is 0 Å². The number of rotatable bonds is 4. The Morgan fingerprint density at radius 3 is 1.71 bits per heavy atom. The number of methoxy groups -OCH3 is 1. The van der Waals surface area contributed by atoms with Gasteiger partial charge in [0, 0.05) is 0 Å². The second-order valence-electron chi connectivity index (χ2n) is 13.4. The van der Waals surface area contributed by atoms with Gasteiger partial charge >= 0.3 is 0 Å². The molecule has 2 amide bonds. The predicted octanol–water partition coefficient (Wildman–Crippen LogP) is 4.90. The smallest absolute Gasteiger partial charge is 0.244 e. The van der Waals surface area contributed by atoms with Crippen LogP contribution in [0, 0.1) is 40.4 Å². The SMILES string of the molecule is COc1ccc(C23CC4CC(CC(C(=O)NNC(=O)C56CC7CC(CC(C7)C5)C6)(C4)C2)C3)cc1. The van der Waals surface area contributed by atoms with Crippen molar-refractivity contribution in [2.75, 3.05) is 7.11 Å². The highest BCUT2D eigenvalue weighted by molar-refractivity contribution is 5.89. The molecular weight excluding hydrogens is 424 g/mol. The van der Waals surface area contributed by atoms with Crippen molar-refractivity contribution in [1.82, 2.24) is 10.9 Å². The fourth-order valence-electron chi connectivity index (χ4n) is 10.6. The number of ether oxygens (including phenoxy) is 1. The van der Waals surface area contributed by atoms with Crippen LogP contribution in [0.5, 0.6) is 5.75 Å². The van der Waals surface area contributed by atoms with Crippen LogP contribution in [0.2, 0.25) is 0 Å². The summed E-state index contributed by atoms with van der Waals surface area (Å²) in [6.07, 6.45) is 13.5. The van der Waals surface area contributed by atoms with E-state index in [0.717, 1.165) is 62.0 Å². The summed E-state index contributed by atoms with van der Waals surface area (Å²) in [7, 11) is 1.71. The number of hydrogen-bond donors (Lipinski definition) is 2. The van der Waals surface area contributed by atoms with E-state index in [2.05, 4.69) is 35.1 Å². The van der Waals surface area contributed by atoms with Crippen LogP contribution >= 0.6 is 0 Å². The lowest BCUT2D eigenvalue weighted by atomic mass is 9.42. The van der Waals surface area contributed by atoms with Gasteiger partial charge < -0.3 is 4.74 Å². The lowest BCUT2D eigenvalue weighted by molar-refractivity contribution is -0.156. The number of carbonyl (C=O) groups is 2. The zero-order chi connectivity index (χ0) is 23.1. The summed E-state index contributed by atoms with van der Waals surface area (Å²) >= 11 is 0. The quantitative estimate of drug-likeness (QED) is 0.626. The molecule has 0 heterocycles. The Balaban J connectivity index is 1.09. The summed E-state index contributed by atoms with van der Waals surface area (Å²) in [5, 5.41) is 0. The number of carbonyl (C=O) groups excluding carboxylic acids is 2. The Morgan fingerprint density at radius 1 is 0.706 bits per heavy atom. The van der Waals surface area contributed by atoms with Gasteiger partial charge in [-0.05, 0) is 130 Å². The predicted molar refractivity (Wildman–Crippen MR) is 129 cm³/mol. The number of amides is 2. The molecule has 0 radical (unpaired) electrons. The molecule has 182 valence electrons. The molecule has 8 aliphatic rings. The highest BCUT2D eigenvalue weighted by Gasteiger charge is 2.61. The molecule has 0 aliphatic heterocycles. The fraction of sp³-hybridized carbons (Fsp3) is 0.724. The Morgan fingerprint density at radius 2 is 1.18 bits per heavy atom. The van der Waals surface area contributed by atoms with E-state index in [1.807, 2.05) is 0 Å². The van der Waals surface area contributed by atoms with Crippen LogP contribution in [-0.2, 0) is 15.0 Å². The highest BCUT2D eigenvalue weighted by atomic mass is 16.5. The second-order valence-corrected chi connectivity index (χ2v) is 13.4. The van der Waals surface area contributed by atoms with Crippen LogP contribution in [0.15, 0.2) is 24.3 Å². The van der Waals surface area contributed by atoms with Gasteiger partial charge in [-0.1, -0.05) is 12.1 Å². The van der Waals surface area contributed by atoms with Crippen molar-refractivity contribution in [3.63, 3.8) is 0 Å². The molecule has 1 aromatic rings. The van der Waals surface area contributed by atoms with Gasteiger partial charge in [-0.3, -0.25) is 20.4 Å². The number of nitrogens with one attached hydrogen (secondary N) is 2. The average molecular weight is 463 g/mol. The molecule has 5 heteroatoms.